The SMILES string of the molecule is O=C(CCCCSc1nnc(Cc2ccccc2)n1-c1ccccc1)NCCC(c1ccccc1)c1ccccc1. The van der Waals surface area contributed by atoms with Gasteiger partial charge in [0, 0.05) is 36.7 Å². The molecule has 0 aliphatic rings. The van der Waals surface area contributed by atoms with Crippen molar-refractivity contribution in [2.24, 2.45) is 0 Å². The third kappa shape index (κ3) is 8.18. The Bertz CT molecular complexity index is 1430. The summed E-state index contributed by atoms with van der Waals surface area (Å²) in [5.41, 5.74) is 4.83. The zero-order chi connectivity index (χ0) is 28.1. The van der Waals surface area contributed by atoms with Crippen LogP contribution in [0.5, 0.6) is 0 Å². The number of nitrogens with one attached hydrogen (secondary N) is 1. The van der Waals surface area contributed by atoms with E-state index in [2.05, 4.69) is 105 Å². The second-order valence-electron chi connectivity index (χ2n) is 10.1. The van der Waals surface area contributed by atoms with Gasteiger partial charge in [-0.25, -0.2) is 0 Å². The minimum Gasteiger partial charge on any atom is -0.356 e. The van der Waals surface area contributed by atoms with Crippen LogP contribution in [0.15, 0.2) is 126 Å². The number of carbonyl (C=O) groups excluding carboxylic acids is 1. The molecule has 0 aliphatic heterocycles. The van der Waals surface area contributed by atoms with E-state index < -0.39 is 0 Å². The van der Waals surface area contributed by atoms with Gasteiger partial charge in [0.1, 0.15) is 5.82 Å². The Hall–Kier alpha value is -4.16. The molecule has 0 radical (unpaired) electrons. The third-order valence-electron chi connectivity index (χ3n) is 7.11. The van der Waals surface area contributed by atoms with Crippen LogP contribution in [0.2, 0.25) is 0 Å². The number of hydrogen-bond donors (Lipinski definition) is 1. The fourth-order valence-corrected chi connectivity index (χ4v) is 5.98. The Morgan fingerprint density at radius 1 is 0.732 bits per heavy atom. The first-order valence-corrected chi connectivity index (χ1v) is 15.3. The predicted octanol–water partition coefficient (Wildman–Crippen LogP) is 7.46. The van der Waals surface area contributed by atoms with Crippen LogP contribution in [0.1, 0.15) is 54.1 Å². The molecular formula is C35H36N4OS. The van der Waals surface area contributed by atoms with Crippen LogP contribution >= 0.6 is 11.8 Å². The van der Waals surface area contributed by atoms with Gasteiger partial charge in [-0.1, -0.05) is 121 Å². The zero-order valence-corrected chi connectivity index (χ0v) is 24.0. The lowest BCUT2D eigenvalue weighted by molar-refractivity contribution is -0.121. The molecule has 0 saturated carbocycles. The summed E-state index contributed by atoms with van der Waals surface area (Å²) in [6.45, 7) is 0.659. The number of thioether (sulfide) groups is 1. The monoisotopic (exact) mass is 560 g/mol. The molecular weight excluding hydrogens is 524 g/mol. The van der Waals surface area contributed by atoms with Crippen molar-refractivity contribution in [1.82, 2.24) is 20.1 Å². The number of hydrogen-bond acceptors (Lipinski definition) is 4. The average Bonchev–Trinajstić information content (AvgIpc) is 3.43. The van der Waals surface area contributed by atoms with Crippen LogP contribution in [-0.4, -0.2) is 33.0 Å². The number of carbonyl (C=O) groups is 1. The lowest BCUT2D eigenvalue weighted by Gasteiger charge is -2.18. The van der Waals surface area contributed by atoms with Crippen LogP contribution < -0.4 is 5.32 Å². The minimum absolute atomic E-state index is 0.118. The summed E-state index contributed by atoms with van der Waals surface area (Å²) in [6.07, 6.45) is 3.90. The van der Waals surface area contributed by atoms with E-state index in [1.807, 2.05) is 36.4 Å². The predicted molar refractivity (Wildman–Crippen MR) is 168 cm³/mol. The first-order valence-electron chi connectivity index (χ1n) is 14.3. The second kappa shape index (κ2) is 15.0. The van der Waals surface area contributed by atoms with E-state index >= 15 is 0 Å². The highest BCUT2D eigenvalue weighted by atomic mass is 32.2. The molecule has 5 rings (SSSR count). The summed E-state index contributed by atoms with van der Waals surface area (Å²) in [4.78, 5) is 12.6. The van der Waals surface area contributed by atoms with Crippen LogP contribution in [0.4, 0.5) is 0 Å². The Labute approximate surface area is 247 Å². The van der Waals surface area contributed by atoms with Crippen molar-refractivity contribution in [3.8, 4) is 5.69 Å². The smallest absolute Gasteiger partial charge is 0.219 e. The maximum Gasteiger partial charge on any atom is 0.219 e. The first kappa shape index (κ1) is 28.4. The fraction of sp³-hybridized carbons (Fsp3) is 0.229. The normalized spacial score (nSPS) is 11.0. The van der Waals surface area contributed by atoms with Gasteiger partial charge in [0.25, 0.3) is 0 Å². The Balaban J connectivity index is 1.09. The van der Waals surface area contributed by atoms with Crippen molar-refractivity contribution in [2.75, 3.05) is 12.3 Å². The highest BCUT2D eigenvalue weighted by Gasteiger charge is 2.16. The van der Waals surface area contributed by atoms with Crippen LogP contribution in [0, 0.1) is 0 Å². The third-order valence-corrected chi connectivity index (χ3v) is 8.12. The van der Waals surface area contributed by atoms with E-state index in [1.54, 1.807) is 11.8 Å². The zero-order valence-electron chi connectivity index (χ0n) is 23.2. The summed E-state index contributed by atoms with van der Waals surface area (Å²) >= 11 is 1.70. The largest absolute Gasteiger partial charge is 0.356 e. The molecule has 1 aromatic heterocycles. The number of nitrogens with zero attached hydrogens (tertiary/aromatic N) is 3. The molecule has 0 saturated heterocycles. The molecule has 0 bridgehead atoms. The van der Waals surface area contributed by atoms with Gasteiger partial charge in [-0.15, -0.1) is 10.2 Å². The minimum atomic E-state index is 0.118. The van der Waals surface area contributed by atoms with Crippen molar-refractivity contribution < 1.29 is 4.79 Å². The van der Waals surface area contributed by atoms with Gasteiger partial charge in [0.2, 0.25) is 5.91 Å². The highest BCUT2D eigenvalue weighted by Crippen LogP contribution is 2.28. The Morgan fingerprint density at radius 3 is 1.95 bits per heavy atom. The van der Waals surface area contributed by atoms with E-state index in [4.69, 9.17) is 0 Å². The van der Waals surface area contributed by atoms with Gasteiger partial charge >= 0.3 is 0 Å². The Kier molecular flexibility index (Phi) is 10.4. The average molecular weight is 561 g/mol. The van der Waals surface area contributed by atoms with Gasteiger partial charge < -0.3 is 5.32 Å². The fourth-order valence-electron chi connectivity index (χ4n) is 5.01. The topological polar surface area (TPSA) is 59.8 Å². The molecule has 5 nitrogen and oxygen atoms in total. The second-order valence-corrected chi connectivity index (χ2v) is 11.1. The first-order chi connectivity index (χ1) is 20.3. The summed E-state index contributed by atoms with van der Waals surface area (Å²) in [7, 11) is 0. The van der Waals surface area contributed by atoms with Crippen molar-refractivity contribution in [2.45, 2.75) is 43.2 Å². The molecule has 0 unspecified atom stereocenters. The lowest BCUT2D eigenvalue weighted by Crippen LogP contribution is -2.25. The number of unbranched alkanes of at least 4 members (excludes halogenated alkanes) is 1. The molecule has 1 heterocycles. The molecule has 208 valence electrons. The van der Waals surface area contributed by atoms with Crippen molar-refractivity contribution in [1.29, 1.82) is 0 Å². The van der Waals surface area contributed by atoms with E-state index in [-0.39, 0.29) is 11.8 Å². The van der Waals surface area contributed by atoms with Gasteiger partial charge in [-0.3, -0.25) is 9.36 Å². The summed E-state index contributed by atoms with van der Waals surface area (Å²) in [5.74, 6) is 2.19. The maximum atomic E-state index is 12.6. The van der Waals surface area contributed by atoms with Gasteiger partial charge in [-0.05, 0) is 48.1 Å². The van der Waals surface area contributed by atoms with Crippen molar-refractivity contribution >= 4 is 17.7 Å². The number of benzene rings is 4. The number of amides is 1. The molecule has 1 N–H and O–H groups in total. The van der Waals surface area contributed by atoms with Crippen molar-refractivity contribution in [3.05, 3.63) is 144 Å². The van der Waals surface area contributed by atoms with Gasteiger partial charge in [0.05, 0.1) is 0 Å². The molecule has 41 heavy (non-hydrogen) atoms. The van der Waals surface area contributed by atoms with E-state index in [9.17, 15) is 4.79 Å². The maximum absolute atomic E-state index is 12.6. The van der Waals surface area contributed by atoms with Crippen molar-refractivity contribution in [3.63, 3.8) is 0 Å². The highest BCUT2D eigenvalue weighted by molar-refractivity contribution is 7.99. The number of rotatable bonds is 14. The van der Waals surface area contributed by atoms with Gasteiger partial charge in [-0.2, -0.15) is 0 Å². The van der Waals surface area contributed by atoms with E-state index in [1.165, 1.54) is 16.7 Å². The van der Waals surface area contributed by atoms with Crippen LogP contribution in [0.25, 0.3) is 5.69 Å². The molecule has 6 heteroatoms. The summed E-state index contributed by atoms with van der Waals surface area (Å²) in [5, 5.41) is 13.1. The van der Waals surface area contributed by atoms with Gasteiger partial charge in [0.15, 0.2) is 5.16 Å². The standard InChI is InChI=1S/C35H36N4OS/c40-34(36-25-24-32(29-17-7-2-8-18-29)30-19-9-3-10-20-30)23-13-14-26-41-35-38-37-33(27-28-15-5-1-6-16-28)39(35)31-21-11-4-12-22-31/h1-12,15-22,32H,13-14,23-27H2,(H,36,40). The van der Waals surface area contributed by atoms with E-state index in [0.29, 0.717) is 13.0 Å². The number of aromatic nitrogens is 3. The molecule has 0 spiro atoms. The summed E-state index contributed by atoms with van der Waals surface area (Å²) < 4.78 is 2.15. The molecule has 0 atom stereocenters. The lowest BCUT2D eigenvalue weighted by atomic mass is 9.88. The van der Waals surface area contributed by atoms with Crippen LogP contribution in [0.3, 0.4) is 0 Å². The molecule has 5 aromatic rings. The quantitative estimate of drug-likeness (QED) is 0.113. The van der Waals surface area contributed by atoms with E-state index in [0.717, 1.165) is 48.1 Å². The molecule has 0 aliphatic carbocycles. The molecule has 0 fully saturated rings. The Morgan fingerprint density at radius 2 is 1.32 bits per heavy atom. The number of para-hydroxylation sites is 1. The molecule has 1 amide bonds. The van der Waals surface area contributed by atoms with Crippen LogP contribution in [-0.2, 0) is 11.2 Å². The summed E-state index contributed by atoms with van der Waals surface area (Å²) in [6, 6.07) is 41.7. The molecule has 4 aromatic carbocycles.